The maximum Gasteiger partial charge on any atom is 0.260 e. The van der Waals surface area contributed by atoms with Crippen LogP contribution in [0.25, 0.3) is 11.1 Å². The Labute approximate surface area is 233 Å². The second-order valence-corrected chi connectivity index (χ2v) is 10.9. The van der Waals surface area contributed by atoms with Gasteiger partial charge in [0.05, 0.1) is 6.04 Å². The van der Waals surface area contributed by atoms with Crippen LogP contribution in [0.2, 0.25) is 0 Å². The summed E-state index contributed by atoms with van der Waals surface area (Å²) in [6.07, 6.45) is 8.98. The number of fused-ring (bicyclic) bond motifs is 7. The van der Waals surface area contributed by atoms with Crippen molar-refractivity contribution in [2.75, 3.05) is 4.90 Å². The summed E-state index contributed by atoms with van der Waals surface area (Å²) in [5.41, 5.74) is 9.72. The monoisotopic (exact) mass is 513 g/mol. The van der Waals surface area contributed by atoms with E-state index in [0.29, 0.717) is 12.0 Å². The molecule has 0 N–H and O–H groups in total. The van der Waals surface area contributed by atoms with Gasteiger partial charge in [-0.05, 0) is 70.1 Å². The molecule has 0 aromatic heterocycles. The van der Waals surface area contributed by atoms with Crippen LogP contribution in [0.1, 0.15) is 11.5 Å². The summed E-state index contributed by atoms with van der Waals surface area (Å²) in [6, 6.07) is 39.1. The minimum absolute atomic E-state index is 0.0725. The van der Waals surface area contributed by atoms with E-state index in [1.165, 1.54) is 39.0 Å². The van der Waals surface area contributed by atoms with Crippen molar-refractivity contribution in [2.45, 2.75) is 12.0 Å². The van der Waals surface area contributed by atoms with Crippen LogP contribution in [0.15, 0.2) is 133 Å². The first-order valence-corrected chi connectivity index (χ1v) is 13.9. The molecule has 3 nitrogen and oxygen atoms in total. The van der Waals surface area contributed by atoms with Crippen LogP contribution in [0.4, 0.5) is 11.4 Å². The van der Waals surface area contributed by atoms with Crippen molar-refractivity contribution in [3.63, 3.8) is 0 Å². The third-order valence-corrected chi connectivity index (χ3v) is 8.74. The summed E-state index contributed by atoms with van der Waals surface area (Å²) in [7, 11) is 0. The van der Waals surface area contributed by atoms with Gasteiger partial charge in [0.15, 0.2) is 0 Å². The van der Waals surface area contributed by atoms with E-state index in [9.17, 15) is 0 Å². The van der Waals surface area contributed by atoms with Gasteiger partial charge in [-0.15, -0.1) is 0 Å². The molecule has 0 saturated carbocycles. The van der Waals surface area contributed by atoms with Gasteiger partial charge in [0.1, 0.15) is 23.0 Å². The number of rotatable bonds is 2. The number of anilines is 2. The lowest BCUT2D eigenvalue weighted by Gasteiger charge is -2.33. The zero-order valence-electron chi connectivity index (χ0n) is 21.7. The maximum absolute atomic E-state index is 6.40. The third kappa shape index (κ3) is 3.08. The molecule has 0 radical (unpaired) electrons. The molecule has 5 aromatic rings. The minimum atomic E-state index is 0.0725. The van der Waals surface area contributed by atoms with Crippen molar-refractivity contribution < 1.29 is 9.47 Å². The molecule has 0 amide bonds. The molecular formula is C36H24BNO2. The normalized spacial score (nSPS) is 18.6. The largest absolute Gasteiger partial charge is 0.458 e. The van der Waals surface area contributed by atoms with Crippen molar-refractivity contribution in [3.05, 3.63) is 139 Å². The van der Waals surface area contributed by atoms with Crippen LogP contribution in [0.3, 0.4) is 0 Å². The van der Waals surface area contributed by atoms with Crippen LogP contribution < -0.4 is 30.8 Å². The van der Waals surface area contributed by atoms with Crippen molar-refractivity contribution in [2.24, 2.45) is 0 Å². The van der Waals surface area contributed by atoms with E-state index in [2.05, 4.69) is 114 Å². The zero-order chi connectivity index (χ0) is 26.2. The van der Waals surface area contributed by atoms with Gasteiger partial charge >= 0.3 is 0 Å². The first-order valence-electron chi connectivity index (χ1n) is 13.9. The molecule has 0 fully saturated rings. The molecule has 2 unspecified atom stereocenters. The molecule has 4 heteroatoms. The van der Waals surface area contributed by atoms with Gasteiger partial charge in [0, 0.05) is 22.8 Å². The van der Waals surface area contributed by atoms with E-state index in [1.54, 1.807) is 0 Å². The summed E-state index contributed by atoms with van der Waals surface area (Å²) in [6.45, 7) is 0.0725. The molecule has 5 aromatic carbocycles. The second kappa shape index (κ2) is 8.27. The Morgan fingerprint density at radius 2 is 1.27 bits per heavy atom. The minimum Gasteiger partial charge on any atom is -0.458 e. The molecule has 9 rings (SSSR count). The number of hydrogen-bond acceptors (Lipinski definition) is 3. The molecule has 1 aliphatic carbocycles. The molecule has 0 saturated heterocycles. The molecule has 0 bridgehead atoms. The summed E-state index contributed by atoms with van der Waals surface area (Å²) in [5, 5.41) is 0. The first-order chi connectivity index (χ1) is 19.8. The Kier molecular flexibility index (Phi) is 4.53. The number of hydrogen-bond donors (Lipinski definition) is 0. The Morgan fingerprint density at radius 3 is 2.15 bits per heavy atom. The highest BCUT2D eigenvalue weighted by Gasteiger charge is 2.40. The number of ether oxygens (including phenoxy) is 2. The molecule has 0 spiro atoms. The molecule has 3 heterocycles. The Hall–Kier alpha value is -4.96. The van der Waals surface area contributed by atoms with Crippen LogP contribution >= 0.6 is 0 Å². The number of nitrogens with zero attached hydrogens (tertiary/aromatic N) is 1. The molecule has 2 atom stereocenters. The third-order valence-electron chi connectivity index (χ3n) is 8.74. The first kappa shape index (κ1) is 21.9. The fourth-order valence-corrected chi connectivity index (χ4v) is 6.97. The Morgan fingerprint density at radius 1 is 0.575 bits per heavy atom. The van der Waals surface area contributed by atoms with Crippen LogP contribution in [0, 0.1) is 0 Å². The van der Waals surface area contributed by atoms with Crippen molar-refractivity contribution in [3.8, 4) is 34.1 Å². The predicted molar refractivity (Wildman–Crippen MR) is 163 cm³/mol. The fourth-order valence-electron chi connectivity index (χ4n) is 6.97. The number of para-hydroxylation sites is 2. The average molecular weight is 513 g/mol. The smallest absolute Gasteiger partial charge is 0.260 e. The lowest BCUT2D eigenvalue weighted by atomic mass is 9.35. The predicted octanol–water partition coefficient (Wildman–Crippen LogP) is 6.81. The summed E-state index contributed by atoms with van der Waals surface area (Å²) < 4.78 is 12.7. The van der Waals surface area contributed by atoms with Crippen LogP contribution in [0.5, 0.6) is 23.0 Å². The zero-order valence-corrected chi connectivity index (χ0v) is 21.7. The van der Waals surface area contributed by atoms with Gasteiger partial charge < -0.3 is 14.4 Å². The van der Waals surface area contributed by atoms with Gasteiger partial charge in [-0.2, -0.15) is 0 Å². The van der Waals surface area contributed by atoms with Crippen molar-refractivity contribution in [1.82, 2.24) is 0 Å². The Balaban J connectivity index is 1.12. The van der Waals surface area contributed by atoms with Gasteiger partial charge in [0.25, 0.3) is 6.71 Å². The van der Waals surface area contributed by atoms with Gasteiger partial charge in [-0.1, -0.05) is 91.0 Å². The van der Waals surface area contributed by atoms with E-state index >= 15 is 0 Å². The van der Waals surface area contributed by atoms with Crippen LogP contribution in [-0.2, 0) is 0 Å². The van der Waals surface area contributed by atoms with Gasteiger partial charge in [-0.3, -0.25) is 0 Å². The van der Waals surface area contributed by atoms with Crippen molar-refractivity contribution >= 4 is 34.5 Å². The Bertz CT molecular complexity index is 1880. The number of allylic oxidation sites excluding steroid dienone is 2. The molecule has 3 aliphatic heterocycles. The number of benzene rings is 5. The maximum atomic E-state index is 6.40. The van der Waals surface area contributed by atoms with E-state index < -0.39 is 0 Å². The van der Waals surface area contributed by atoms with Crippen LogP contribution in [-0.4, -0.2) is 12.8 Å². The van der Waals surface area contributed by atoms with E-state index in [1.807, 2.05) is 24.3 Å². The fraction of sp³-hybridized carbons (Fsp3) is 0.0556. The van der Waals surface area contributed by atoms with Crippen molar-refractivity contribution in [1.29, 1.82) is 0 Å². The highest BCUT2D eigenvalue weighted by Crippen LogP contribution is 2.47. The van der Waals surface area contributed by atoms with E-state index in [0.717, 1.165) is 28.5 Å². The van der Waals surface area contributed by atoms with E-state index in [-0.39, 0.29) is 6.71 Å². The molecule has 40 heavy (non-hydrogen) atoms. The molecule has 188 valence electrons. The lowest BCUT2D eigenvalue weighted by Crippen LogP contribution is -2.57. The highest BCUT2D eigenvalue weighted by molar-refractivity contribution is 6.98. The summed E-state index contributed by atoms with van der Waals surface area (Å²) in [4.78, 5) is 2.47. The topological polar surface area (TPSA) is 21.7 Å². The summed E-state index contributed by atoms with van der Waals surface area (Å²) >= 11 is 0. The quantitative estimate of drug-likeness (QED) is 0.237. The molecular weight excluding hydrogens is 489 g/mol. The second-order valence-electron chi connectivity index (χ2n) is 10.9. The van der Waals surface area contributed by atoms with E-state index in [4.69, 9.17) is 9.47 Å². The molecule has 4 aliphatic rings. The average Bonchev–Trinajstić information content (AvgIpc) is 3.35. The van der Waals surface area contributed by atoms with Gasteiger partial charge in [0.2, 0.25) is 0 Å². The SMILES string of the molecule is C1=CC2c3ccccc3N(c3ccc(-c4ccc5c(c4)B4c6ccccc6Oc6cccc(c64)O5)cc3)C2C=C1. The highest BCUT2D eigenvalue weighted by atomic mass is 16.5. The standard InChI is InChI=1S/C36H24BNO2/c1-4-11-30-26(8-1)27-9-2-5-12-31(27)38(30)25-19-16-23(17-20-25)24-18-21-33-29(22-24)37-28-10-3-6-13-32(28)39-34-14-7-15-35(40-33)36(34)37/h1-22,26,30H. The lowest BCUT2D eigenvalue weighted by molar-refractivity contribution is 0.464. The van der Waals surface area contributed by atoms with Gasteiger partial charge in [-0.25, -0.2) is 0 Å². The summed E-state index contributed by atoms with van der Waals surface area (Å²) in [5.74, 6) is 3.95.